The molecular formula is C16H33N3. The van der Waals surface area contributed by atoms with Gasteiger partial charge in [0.2, 0.25) is 0 Å². The maximum absolute atomic E-state index is 3.46. The maximum Gasteiger partial charge on any atom is 0.0126 e. The molecule has 0 saturated carbocycles. The SMILES string of the molecule is CC(C)(C)N1CCN(CCCC2CCNCC2)CC1. The van der Waals surface area contributed by atoms with Crippen molar-refractivity contribution in [2.75, 3.05) is 45.8 Å². The summed E-state index contributed by atoms with van der Waals surface area (Å²) in [6.45, 7) is 15.8. The van der Waals surface area contributed by atoms with Crippen LogP contribution in [0.2, 0.25) is 0 Å². The maximum atomic E-state index is 3.46. The van der Waals surface area contributed by atoms with E-state index >= 15 is 0 Å². The molecule has 0 aliphatic carbocycles. The molecule has 2 aliphatic heterocycles. The van der Waals surface area contributed by atoms with Crippen LogP contribution in [0.5, 0.6) is 0 Å². The van der Waals surface area contributed by atoms with Gasteiger partial charge in [-0.3, -0.25) is 4.90 Å². The largest absolute Gasteiger partial charge is 0.317 e. The Morgan fingerprint density at radius 2 is 1.63 bits per heavy atom. The third-order valence-electron chi connectivity index (χ3n) is 4.87. The molecule has 0 amide bonds. The van der Waals surface area contributed by atoms with E-state index in [-0.39, 0.29) is 0 Å². The van der Waals surface area contributed by atoms with E-state index in [1.807, 2.05) is 0 Å². The molecule has 0 spiro atoms. The zero-order valence-electron chi connectivity index (χ0n) is 13.2. The normalized spacial score (nSPS) is 24.8. The van der Waals surface area contributed by atoms with E-state index in [1.54, 1.807) is 0 Å². The zero-order chi connectivity index (χ0) is 13.7. The fraction of sp³-hybridized carbons (Fsp3) is 1.00. The van der Waals surface area contributed by atoms with E-state index in [0.29, 0.717) is 5.54 Å². The molecule has 0 aromatic rings. The van der Waals surface area contributed by atoms with Crippen LogP contribution in [0.15, 0.2) is 0 Å². The number of piperidine rings is 1. The molecule has 0 aromatic heterocycles. The van der Waals surface area contributed by atoms with Gasteiger partial charge in [-0.2, -0.15) is 0 Å². The zero-order valence-corrected chi connectivity index (χ0v) is 13.2. The summed E-state index contributed by atoms with van der Waals surface area (Å²) in [4.78, 5) is 5.29. The highest BCUT2D eigenvalue weighted by molar-refractivity contribution is 4.82. The Labute approximate surface area is 119 Å². The van der Waals surface area contributed by atoms with Crippen molar-refractivity contribution >= 4 is 0 Å². The lowest BCUT2D eigenvalue weighted by Gasteiger charge is -2.42. The average Bonchev–Trinajstić information content (AvgIpc) is 2.39. The number of rotatable bonds is 4. The number of nitrogens with one attached hydrogen (secondary N) is 1. The molecule has 0 bridgehead atoms. The van der Waals surface area contributed by atoms with Crippen LogP contribution < -0.4 is 5.32 Å². The molecular weight excluding hydrogens is 234 g/mol. The Morgan fingerprint density at radius 1 is 1.00 bits per heavy atom. The highest BCUT2D eigenvalue weighted by atomic mass is 15.3. The molecule has 2 fully saturated rings. The minimum absolute atomic E-state index is 0.348. The second-order valence-electron chi connectivity index (χ2n) is 7.34. The van der Waals surface area contributed by atoms with Gasteiger partial charge in [-0.15, -0.1) is 0 Å². The molecule has 2 rings (SSSR count). The first kappa shape index (κ1) is 15.3. The first-order chi connectivity index (χ1) is 9.05. The highest BCUT2D eigenvalue weighted by Gasteiger charge is 2.25. The molecule has 0 aromatic carbocycles. The molecule has 3 nitrogen and oxygen atoms in total. The van der Waals surface area contributed by atoms with Crippen LogP contribution in [-0.2, 0) is 0 Å². The molecule has 19 heavy (non-hydrogen) atoms. The Balaban J connectivity index is 1.58. The number of nitrogens with zero attached hydrogens (tertiary/aromatic N) is 2. The summed E-state index contributed by atoms with van der Waals surface area (Å²) in [5, 5.41) is 3.46. The average molecular weight is 267 g/mol. The quantitative estimate of drug-likeness (QED) is 0.842. The van der Waals surface area contributed by atoms with Crippen LogP contribution in [0.3, 0.4) is 0 Å². The van der Waals surface area contributed by atoms with Crippen molar-refractivity contribution in [2.45, 2.75) is 52.0 Å². The van der Waals surface area contributed by atoms with E-state index in [0.717, 1.165) is 5.92 Å². The van der Waals surface area contributed by atoms with Gasteiger partial charge in [-0.05, 0) is 72.0 Å². The molecule has 0 unspecified atom stereocenters. The summed E-state index contributed by atoms with van der Waals surface area (Å²) in [6, 6.07) is 0. The third kappa shape index (κ3) is 5.05. The predicted octanol–water partition coefficient (Wildman–Crippen LogP) is 2.18. The number of hydrogen-bond acceptors (Lipinski definition) is 3. The lowest BCUT2D eigenvalue weighted by Crippen LogP contribution is -2.53. The minimum Gasteiger partial charge on any atom is -0.317 e. The summed E-state index contributed by atoms with van der Waals surface area (Å²) in [6.07, 6.45) is 5.65. The monoisotopic (exact) mass is 267 g/mol. The fourth-order valence-corrected chi connectivity index (χ4v) is 3.42. The summed E-state index contributed by atoms with van der Waals surface area (Å²) in [5.41, 5.74) is 0.348. The van der Waals surface area contributed by atoms with Crippen LogP contribution >= 0.6 is 0 Å². The van der Waals surface area contributed by atoms with Crippen molar-refractivity contribution in [2.24, 2.45) is 5.92 Å². The summed E-state index contributed by atoms with van der Waals surface area (Å²) in [5.74, 6) is 0.997. The van der Waals surface area contributed by atoms with Gasteiger partial charge in [0.25, 0.3) is 0 Å². The lowest BCUT2D eigenvalue weighted by atomic mass is 9.93. The standard InChI is InChI=1S/C16H33N3/c1-16(2,3)19-13-11-18(12-14-19)10-4-5-15-6-8-17-9-7-15/h15,17H,4-14H2,1-3H3. The van der Waals surface area contributed by atoms with Gasteiger partial charge in [-0.25, -0.2) is 0 Å². The van der Waals surface area contributed by atoms with Crippen molar-refractivity contribution in [3.05, 3.63) is 0 Å². The van der Waals surface area contributed by atoms with Crippen LogP contribution in [0.4, 0.5) is 0 Å². The Hall–Kier alpha value is -0.120. The Bertz CT molecular complexity index is 245. The van der Waals surface area contributed by atoms with Crippen molar-refractivity contribution in [1.82, 2.24) is 15.1 Å². The highest BCUT2D eigenvalue weighted by Crippen LogP contribution is 2.19. The van der Waals surface area contributed by atoms with Crippen LogP contribution in [-0.4, -0.2) is 61.2 Å². The van der Waals surface area contributed by atoms with Gasteiger partial charge in [-0.1, -0.05) is 0 Å². The third-order valence-corrected chi connectivity index (χ3v) is 4.87. The van der Waals surface area contributed by atoms with Crippen molar-refractivity contribution in [1.29, 1.82) is 0 Å². The van der Waals surface area contributed by atoms with E-state index < -0.39 is 0 Å². The van der Waals surface area contributed by atoms with Crippen molar-refractivity contribution in [3.63, 3.8) is 0 Å². The molecule has 2 heterocycles. The second-order valence-corrected chi connectivity index (χ2v) is 7.34. The smallest absolute Gasteiger partial charge is 0.0126 e. The van der Waals surface area contributed by atoms with Gasteiger partial charge in [0.15, 0.2) is 0 Å². The first-order valence-corrected chi connectivity index (χ1v) is 8.24. The molecule has 112 valence electrons. The Morgan fingerprint density at radius 3 is 2.21 bits per heavy atom. The van der Waals surface area contributed by atoms with Crippen LogP contribution in [0.25, 0.3) is 0 Å². The van der Waals surface area contributed by atoms with Gasteiger partial charge in [0.05, 0.1) is 0 Å². The molecule has 1 N–H and O–H groups in total. The molecule has 3 heteroatoms. The number of piperazine rings is 1. The van der Waals surface area contributed by atoms with E-state index in [1.165, 1.54) is 71.5 Å². The van der Waals surface area contributed by atoms with Gasteiger partial charge < -0.3 is 10.2 Å². The summed E-state index contributed by atoms with van der Waals surface area (Å²) < 4.78 is 0. The van der Waals surface area contributed by atoms with Gasteiger partial charge >= 0.3 is 0 Å². The fourth-order valence-electron chi connectivity index (χ4n) is 3.42. The Kier molecular flexibility index (Phi) is 5.67. The second kappa shape index (κ2) is 7.05. The van der Waals surface area contributed by atoms with Crippen molar-refractivity contribution < 1.29 is 0 Å². The summed E-state index contributed by atoms with van der Waals surface area (Å²) >= 11 is 0. The predicted molar refractivity (Wildman–Crippen MR) is 82.6 cm³/mol. The van der Waals surface area contributed by atoms with E-state index in [4.69, 9.17) is 0 Å². The topological polar surface area (TPSA) is 18.5 Å². The van der Waals surface area contributed by atoms with Gasteiger partial charge in [0.1, 0.15) is 0 Å². The number of hydrogen-bond donors (Lipinski definition) is 1. The van der Waals surface area contributed by atoms with E-state index in [2.05, 4.69) is 35.9 Å². The van der Waals surface area contributed by atoms with Gasteiger partial charge in [0, 0.05) is 31.7 Å². The molecule has 2 saturated heterocycles. The molecule has 2 aliphatic rings. The molecule has 0 radical (unpaired) electrons. The van der Waals surface area contributed by atoms with E-state index in [9.17, 15) is 0 Å². The van der Waals surface area contributed by atoms with Crippen LogP contribution in [0.1, 0.15) is 46.5 Å². The lowest BCUT2D eigenvalue weighted by molar-refractivity contribution is 0.0609. The van der Waals surface area contributed by atoms with Crippen molar-refractivity contribution in [3.8, 4) is 0 Å². The summed E-state index contributed by atoms with van der Waals surface area (Å²) in [7, 11) is 0. The van der Waals surface area contributed by atoms with Crippen LogP contribution in [0, 0.1) is 5.92 Å². The minimum atomic E-state index is 0.348. The first-order valence-electron chi connectivity index (χ1n) is 8.24. The molecule has 0 atom stereocenters.